The van der Waals surface area contributed by atoms with Crippen LogP contribution in [0.4, 0.5) is 52.7 Å². The van der Waals surface area contributed by atoms with Crippen molar-refractivity contribution in [2.45, 2.75) is 43.8 Å². The number of carbonyl (C=O) groups is 2. The lowest BCUT2D eigenvalue weighted by Crippen LogP contribution is -2.29. The van der Waals surface area contributed by atoms with Crippen LogP contribution < -0.4 is 11.1 Å². The van der Waals surface area contributed by atoms with Crippen LogP contribution >= 0.6 is 0 Å². The van der Waals surface area contributed by atoms with E-state index in [-0.39, 0.29) is 12.1 Å². The van der Waals surface area contributed by atoms with E-state index >= 15 is 0 Å². The second-order valence-electron chi connectivity index (χ2n) is 8.38. The summed E-state index contributed by atoms with van der Waals surface area (Å²) in [7, 11) is 0. The number of halogens is 12. The van der Waals surface area contributed by atoms with Gasteiger partial charge in [-0.05, 0) is 53.9 Å². The van der Waals surface area contributed by atoms with Crippen LogP contribution in [-0.4, -0.2) is 24.6 Å². The van der Waals surface area contributed by atoms with E-state index in [1.54, 1.807) is 0 Å². The summed E-state index contributed by atoms with van der Waals surface area (Å²) in [6.07, 6.45) is -22.3. The van der Waals surface area contributed by atoms with E-state index < -0.39 is 95.6 Å². The topological polar surface area (TPSA) is 81.4 Å². The zero-order chi connectivity index (χ0) is 31.4. The van der Waals surface area contributed by atoms with Crippen molar-refractivity contribution in [3.05, 3.63) is 81.9 Å². The fourth-order valence-electron chi connectivity index (χ4n) is 3.30. The van der Waals surface area contributed by atoms with Gasteiger partial charge in [-0.25, -0.2) is 4.79 Å². The van der Waals surface area contributed by atoms with Crippen molar-refractivity contribution < 1.29 is 67.0 Å². The molecule has 0 heterocycles. The zero-order valence-electron chi connectivity index (χ0n) is 20.2. The number of nitrogens with one attached hydrogen (secondary N) is 1. The van der Waals surface area contributed by atoms with Gasteiger partial charge in [0, 0.05) is 25.1 Å². The van der Waals surface area contributed by atoms with Gasteiger partial charge in [0.25, 0.3) is 0 Å². The van der Waals surface area contributed by atoms with Gasteiger partial charge < -0.3 is 10.1 Å². The van der Waals surface area contributed by atoms with Crippen LogP contribution in [0.1, 0.15) is 33.4 Å². The van der Waals surface area contributed by atoms with Gasteiger partial charge in [-0.15, -0.1) is 0 Å². The largest absolute Gasteiger partial charge is 0.443 e. The molecule has 1 atom stereocenters. The van der Waals surface area contributed by atoms with Crippen molar-refractivity contribution in [1.82, 2.24) is 5.32 Å². The van der Waals surface area contributed by atoms with Crippen LogP contribution in [0.3, 0.4) is 0 Å². The van der Waals surface area contributed by atoms with E-state index in [4.69, 9.17) is 5.73 Å². The van der Waals surface area contributed by atoms with Gasteiger partial charge in [0.2, 0.25) is 5.91 Å². The van der Waals surface area contributed by atoms with Crippen molar-refractivity contribution in [3.63, 3.8) is 0 Å². The van der Waals surface area contributed by atoms with Crippen molar-refractivity contribution in [2.24, 2.45) is 5.73 Å². The summed E-state index contributed by atoms with van der Waals surface area (Å²) in [6, 6.07) is 1.53. The molecule has 0 fully saturated rings. The second kappa shape index (κ2) is 12.4. The van der Waals surface area contributed by atoms with Crippen molar-refractivity contribution in [2.75, 3.05) is 6.54 Å². The van der Waals surface area contributed by atoms with E-state index in [9.17, 15) is 62.3 Å². The molecule has 226 valence electrons. The van der Waals surface area contributed by atoms with Gasteiger partial charge in [0.05, 0.1) is 22.3 Å². The van der Waals surface area contributed by atoms with Gasteiger partial charge in [-0.3, -0.25) is 10.5 Å². The lowest BCUT2D eigenvalue weighted by molar-refractivity contribution is -0.145. The Morgan fingerprint density at radius 1 is 0.683 bits per heavy atom. The number of rotatable bonds is 8. The molecule has 0 saturated heterocycles. The molecule has 1 amide bonds. The van der Waals surface area contributed by atoms with Crippen molar-refractivity contribution in [1.29, 1.82) is 0 Å². The molecule has 0 aromatic heterocycles. The lowest BCUT2D eigenvalue weighted by atomic mass is 10.0. The molecule has 2 aromatic rings. The van der Waals surface area contributed by atoms with Gasteiger partial charge >= 0.3 is 30.7 Å². The number of benzene rings is 2. The Balaban J connectivity index is 1.97. The molecule has 41 heavy (non-hydrogen) atoms. The van der Waals surface area contributed by atoms with Crippen molar-refractivity contribution in [3.8, 4) is 0 Å². The molecule has 1 unspecified atom stereocenters. The van der Waals surface area contributed by atoms with Gasteiger partial charge in [-0.1, -0.05) is 0 Å². The highest BCUT2D eigenvalue weighted by Crippen LogP contribution is 2.37. The number of nitrogens with two attached hydrogens (primary N) is 1. The third-order valence-corrected chi connectivity index (χ3v) is 5.08. The fourth-order valence-corrected chi connectivity index (χ4v) is 3.30. The van der Waals surface area contributed by atoms with Gasteiger partial charge in [-0.2, -0.15) is 52.7 Å². The Kier molecular flexibility index (Phi) is 10.1. The predicted molar refractivity (Wildman–Crippen MR) is 117 cm³/mol. The summed E-state index contributed by atoms with van der Waals surface area (Å²) < 4.78 is 160. The van der Waals surface area contributed by atoms with E-state index in [0.29, 0.717) is 36.4 Å². The maximum absolute atomic E-state index is 13.0. The molecule has 17 heteroatoms. The van der Waals surface area contributed by atoms with Crippen LogP contribution in [-0.2, 0) is 51.9 Å². The lowest BCUT2D eigenvalue weighted by Gasteiger charge is -2.16. The average molecular weight is 610 g/mol. The van der Waals surface area contributed by atoms with Gasteiger partial charge in [0.1, 0.15) is 0 Å². The standard InChI is InChI=1S/C24H18F12N2O3/c25-21(26,27)14-5-12(6-15(10-14)22(28,29)30)3-4-38-19(39)1-2-20(40)41-18(37)9-13-7-16(23(31,32)33)11-17(8-13)24(34,35)36/h1-2,5-8,10-11,18H,3-4,9,37H2,(H,38,39)/b2-1+. The summed E-state index contributed by atoms with van der Waals surface area (Å²) in [5.41, 5.74) is -1.82. The molecular formula is C24H18F12N2O3. The van der Waals surface area contributed by atoms with E-state index in [0.717, 1.165) is 0 Å². The number of amides is 1. The van der Waals surface area contributed by atoms with Crippen LogP contribution in [0.5, 0.6) is 0 Å². The molecule has 3 N–H and O–H groups in total. The third-order valence-electron chi connectivity index (χ3n) is 5.08. The first-order valence-electron chi connectivity index (χ1n) is 11.0. The first-order chi connectivity index (χ1) is 18.6. The molecule has 0 radical (unpaired) electrons. The second-order valence-corrected chi connectivity index (χ2v) is 8.38. The Morgan fingerprint density at radius 3 is 1.46 bits per heavy atom. The highest BCUT2D eigenvalue weighted by Gasteiger charge is 2.38. The molecule has 5 nitrogen and oxygen atoms in total. The molecule has 0 saturated carbocycles. The number of hydrogen-bond donors (Lipinski definition) is 2. The van der Waals surface area contributed by atoms with Crippen LogP contribution in [0.15, 0.2) is 48.6 Å². The number of alkyl halides is 12. The van der Waals surface area contributed by atoms with Crippen LogP contribution in [0.25, 0.3) is 0 Å². The summed E-state index contributed by atoms with van der Waals surface area (Å²) in [6.45, 7) is -0.451. The summed E-state index contributed by atoms with van der Waals surface area (Å²) in [4.78, 5) is 23.6. The molecule has 0 bridgehead atoms. The Labute approximate surface area is 222 Å². The quantitative estimate of drug-likeness (QED) is 0.165. The Morgan fingerprint density at radius 2 is 1.07 bits per heavy atom. The van der Waals surface area contributed by atoms with Crippen LogP contribution in [0.2, 0.25) is 0 Å². The minimum Gasteiger partial charge on any atom is -0.443 e. The van der Waals surface area contributed by atoms with E-state index in [1.807, 2.05) is 0 Å². The highest BCUT2D eigenvalue weighted by molar-refractivity contribution is 5.94. The van der Waals surface area contributed by atoms with Crippen molar-refractivity contribution >= 4 is 11.9 Å². The van der Waals surface area contributed by atoms with E-state index in [2.05, 4.69) is 10.1 Å². The molecule has 2 aromatic carbocycles. The molecular weight excluding hydrogens is 592 g/mol. The maximum Gasteiger partial charge on any atom is 0.416 e. The first kappa shape index (κ1) is 33.4. The molecule has 0 aliphatic carbocycles. The number of carbonyl (C=O) groups excluding carboxylic acids is 2. The van der Waals surface area contributed by atoms with Gasteiger partial charge in [0.15, 0.2) is 6.23 Å². The third kappa shape index (κ3) is 10.6. The highest BCUT2D eigenvalue weighted by atomic mass is 19.4. The smallest absolute Gasteiger partial charge is 0.416 e. The zero-order valence-corrected chi connectivity index (χ0v) is 20.2. The number of hydrogen-bond acceptors (Lipinski definition) is 4. The Bertz CT molecular complexity index is 1210. The molecule has 0 aliphatic heterocycles. The Hall–Kier alpha value is -3.76. The predicted octanol–water partition coefficient (Wildman–Crippen LogP) is 6.05. The molecule has 2 rings (SSSR count). The monoisotopic (exact) mass is 610 g/mol. The first-order valence-corrected chi connectivity index (χ1v) is 11.0. The summed E-state index contributed by atoms with van der Waals surface area (Å²) in [5, 5.41) is 2.10. The van der Waals surface area contributed by atoms with E-state index in [1.165, 1.54) is 0 Å². The number of ether oxygens (including phenoxy) is 1. The SMILES string of the molecule is NC(Cc1cc(C(F)(F)F)cc(C(F)(F)F)c1)OC(=O)/C=C/C(=O)NCCc1cc(C(F)(F)F)cc(C(F)(F)F)c1. The van der Waals surface area contributed by atoms with Crippen LogP contribution in [0, 0.1) is 0 Å². The number of esters is 1. The summed E-state index contributed by atoms with van der Waals surface area (Å²) in [5.74, 6) is -2.37. The maximum atomic E-state index is 13.0. The minimum absolute atomic E-state index is 0.0661. The fraction of sp³-hybridized carbons (Fsp3) is 0.333. The molecule has 0 spiro atoms. The minimum atomic E-state index is -5.12. The average Bonchev–Trinajstić information content (AvgIpc) is 2.80. The molecule has 0 aliphatic rings. The normalized spacial score (nSPS) is 13.8. The summed E-state index contributed by atoms with van der Waals surface area (Å²) >= 11 is 0.